The zero-order valence-corrected chi connectivity index (χ0v) is 9.93. The number of carboxylic acid groups (broad SMARTS) is 2. The van der Waals surface area contributed by atoms with Crippen LogP contribution in [0.5, 0.6) is 0 Å². The summed E-state index contributed by atoms with van der Waals surface area (Å²) in [7, 11) is 0. The first kappa shape index (κ1) is 18.2. The van der Waals surface area contributed by atoms with Crippen LogP contribution in [0.2, 0.25) is 0 Å². The Bertz CT molecular complexity index is 245. The molecule has 10 N–H and O–H groups in total. The molecule has 0 saturated heterocycles. The lowest BCUT2D eigenvalue weighted by Crippen LogP contribution is -2.67. The van der Waals surface area contributed by atoms with Crippen LogP contribution in [-0.2, 0) is 9.59 Å². The third-order valence-electron chi connectivity index (χ3n) is 2.01. The molecular weight excluding hydrogens is 228 g/mol. The van der Waals surface area contributed by atoms with E-state index in [4.69, 9.17) is 33.1 Å². The van der Waals surface area contributed by atoms with Crippen LogP contribution < -0.4 is 22.9 Å². The smallest absolute Gasteiger partial charge is 0.340 e. The third-order valence-corrected chi connectivity index (χ3v) is 2.01. The summed E-state index contributed by atoms with van der Waals surface area (Å²) in [4.78, 5) is 19.8. The number of nitrogens with two attached hydrogens (primary N) is 4. The van der Waals surface area contributed by atoms with Gasteiger partial charge < -0.3 is 33.1 Å². The molecule has 0 aromatic carbocycles. The monoisotopic (exact) mass is 250 g/mol. The van der Waals surface area contributed by atoms with Gasteiger partial charge in [0.1, 0.15) is 0 Å². The average molecular weight is 250 g/mol. The SMILES string of the molecule is CCC(=O)O.NCCCC(N)C(N)(N)C(=O)O. The van der Waals surface area contributed by atoms with Crippen molar-refractivity contribution in [3.05, 3.63) is 0 Å². The van der Waals surface area contributed by atoms with E-state index in [1.54, 1.807) is 6.92 Å². The molecule has 17 heavy (non-hydrogen) atoms. The maximum Gasteiger partial charge on any atom is 0.340 e. The van der Waals surface area contributed by atoms with Crippen molar-refractivity contribution in [2.24, 2.45) is 22.9 Å². The molecule has 0 aromatic heterocycles. The van der Waals surface area contributed by atoms with Gasteiger partial charge in [0.25, 0.3) is 0 Å². The summed E-state index contributed by atoms with van der Waals surface area (Å²) >= 11 is 0. The second-order valence-electron chi connectivity index (χ2n) is 3.52. The molecule has 0 heterocycles. The highest BCUT2D eigenvalue weighted by Gasteiger charge is 2.35. The summed E-state index contributed by atoms with van der Waals surface area (Å²) in [6.45, 7) is 2.05. The topological polar surface area (TPSA) is 179 Å². The van der Waals surface area contributed by atoms with Crippen LogP contribution in [0, 0.1) is 0 Å². The maximum atomic E-state index is 10.5. The van der Waals surface area contributed by atoms with E-state index in [2.05, 4.69) is 0 Å². The zero-order chi connectivity index (χ0) is 14.1. The molecule has 0 amide bonds. The fourth-order valence-corrected chi connectivity index (χ4v) is 0.735. The van der Waals surface area contributed by atoms with Crippen molar-refractivity contribution in [1.29, 1.82) is 0 Å². The van der Waals surface area contributed by atoms with Gasteiger partial charge in [0.15, 0.2) is 5.66 Å². The lowest BCUT2D eigenvalue weighted by Gasteiger charge is -2.26. The minimum absolute atomic E-state index is 0.222. The van der Waals surface area contributed by atoms with Gasteiger partial charge in [0.2, 0.25) is 0 Å². The van der Waals surface area contributed by atoms with Crippen molar-refractivity contribution in [3.8, 4) is 0 Å². The van der Waals surface area contributed by atoms with Crippen LogP contribution >= 0.6 is 0 Å². The van der Waals surface area contributed by atoms with E-state index in [9.17, 15) is 9.59 Å². The summed E-state index contributed by atoms with van der Waals surface area (Å²) in [6.07, 6.45) is 1.25. The van der Waals surface area contributed by atoms with Gasteiger partial charge in [-0.05, 0) is 19.4 Å². The third kappa shape index (κ3) is 8.57. The van der Waals surface area contributed by atoms with Gasteiger partial charge in [-0.15, -0.1) is 0 Å². The van der Waals surface area contributed by atoms with Crippen LogP contribution in [0.1, 0.15) is 26.2 Å². The molecule has 0 spiro atoms. The van der Waals surface area contributed by atoms with Crippen LogP contribution in [0.4, 0.5) is 0 Å². The summed E-state index contributed by atoms with van der Waals surface area (Å²) in [5.41, 5.74) is 19.3. The average Bonchev–Trinajstić information content (AvgIpc) is 2.26. The Balaban J connectivity index is 0. The van der Waals surface area contributed by atoms with E-state index >= 15 is 0 Å². The summed E-state index contributed by atoms with van der Waals surface area (Å²) in [6, 6.07) is -0.765. The maximum absolute atomic E-state index is 10.5. The molecule has 0 aliphatic heterocycles. The van der Waals surface area contributed by atoms with Crippen molar-refractivity contribution >= 4 is 11.9 Å². The normalized spacial score (nSPS) is 12.3. The van der Waals surface area contributed by atoms with Gasteiger partial charge in [0, 0.05) is 12.5 Å². The van der Waals surface area contributed by atoms with Gasteiger partial charge in [-0.1, -0.05) is 6.92 Å². The predicted molar refractivity (Wildman–Crippen MR) is 62.9 cm³/mol. The Morgan fingerprint density at radius 2 is 1.71 bits per heavy atom. The van der Waals surface area contributed by atoms with Crippen molar-refractivity contribution in [2.75, 3.05) is 6.54 Å². The van der Waals surface area contributed by atoms with Crippen molar-refractivity contribution in [2.45, 2.75) is 37.9 Å². The first-order valence-electron chi connectivity index (χ1n) is 5.18. The van der Waals surface area contributed by atoms with Crippen LogP contribution in [0.15, 0.2) is 0 Å². The fourth-order valence-electron chi connectivity index (χ4n) is 0.735. The molecule has 0 rings (SSSR count). The molecule has 102 valence electrons. The highest BCUT2D eigenvalue weighted by molar-refractivity contribution is 5.78. The molecular formula is C9H22N4O4. The van der Waals surface area contributed by atoms with Crippen LogP contribution in [-0.4, -0.2) is 40.4 Å². The molecule has 8 nitrogen and oxygen atoms in total. The first-order valence-corrected chi connectivity index (χ1v) is 5.18. The van der Waals surface area contributed by atoms with E-state index < -0.39 is 23.6 Å². The summed E-state index contributed by atoms with van der Waals surface area (Å²) in [5.74, 6) is -2.04. The van der Waals surface area contributed by atoms with Crippen molar-refractivity contribution in [3.63, 3.8) is 0 Å². The van der Waals surface area contributed by atoms with Gasteiger partial charge in [-0.3, -0.25) is 4.79 Å². The van der Waals surface area contributed by atoms with E-state index in [0.29, 0.717) is 19.4 Å². The lowest BCUT2D eigenvalue weighted by molar-refractivity contribution is -0.144. The molecule has 0 fully saturated rings. The van der Waals surface area contributed by atoms with Gasteiger partial charge in [0.05, 0.1) is 0 Å². The van der Waals surface area contributed by atoms with Gasteiger partial charge in [-0.25, -0.2) is 4.79 Å². The molecule has 0 saturated carbocycles. The first-order chi connectivity index (χ1) is 7.69. The zero-order valence-electron chi connectivity index (χ0n) is 9.93. The number of carboxylic acids is 2. The minimum Gasteiger partial charge on any atom is -0.481 e. The quantitative estimate of drug-likeness (QED) is 0.300. The number of carbonyl (C=O) groups is 2. The van der Waals surface area contributed by atoms with Crippen molar-refractivity contribution < 1.29 is 19.8 Å². The molecule has 0 radical (unpaired) electrons. The van der Waals surface area contributed by atoms with Gasteiger partial charge >= 0.3 is 11.9 Å². The highest BCUT2D eigenvalue weighted by Crippen LogP contribution is 2.03. The Morgan fingerprint density at radius 3 is 1.94 bits per heavy atom. The van der Waals surface area contributed by atoms with Crippen LogP contribution in [0.3, 0.4) is 0 Å². The standard InChI is InChI=1S/C6H16N4O2.C3H6O2/c7-3-1-2-4(8)6(9,10)5(11)12;1-2-3(4)5/h4H,1-3,7-10H2,(H,11,12);2H2,1H3,(H,4,5). The van der Waals surface area contributed by atoms with Crippen molar-refractivity contribution in [1.82, 2.24) is 0 Å². The van der Waals surface area contributed by atoms with Gasteiger partial charge in [-0.2, -0.15) is 0 Å². The van der Waals surface area contributed by atoms with Crippen LogP contribution in [0.25, 0.3) is 0 Å². The number of rotatable bonds is 6. The molecule has 0 bridgehead atoms. The number of hydrogen-bond donors (Lipinski definition) is 6. The Kier molecular flexibility index (Phi) is 9.48. The number of hydrogen-bond acceptors (Lipinski definition) is 6. The molecule has 0 aliphatic carbocycles. The largest absolute Gasteiger partial charge is 0.481 e. The molecule has 0 aliphatic rings. The second kappa shape index (κ2) is 8.88. The number of aliphatic carboxylic acids is 2. The summed E-state index contributed by atoms with van der Waals surface area (Å²) in [5, 5.41) is 16.3. The minimum atomic E-state index is -1.85. The molecule has 0 aromatic rings. The molecule has 1 unspecified atom stereocenters. The van der Waals surface area contributed by atoms with E-state index in [1.807, 2.05) is 0 Å². The Morgan fingerprint density at radius 1 is 1.29 bits per heavy atom. The highest BCUT2D eigenvalue weighted by atomic mass is 16.4. The van der Waals surface area contributed by atoms with E-state index in [-0.39, 0.29) is 6.42 Å². The fraction of sp³-hybridized carbons (Fsp3) is 0.778. The Labute approximate surface area is 99.9 Å². The molecule has 8 heteroatoms. The molecule has 1 atom stereocenters. The lowest BCUT2D eigenvalue weighted by atomic mass is 9.99. The van der Waals surface area contributed by atoms with E-state index in [0.717, 1.165) is 0 Å². The second-order valence-corrected chi connectivity index (χ2v) is 3.52. The Hall–Kier alpha value is -1.22. The van der Waals surface area contributed by atoms with E-state index in [1.165, 1.54) is 0 Å². The summed E-state index contributed by atoms with van der Waals surface area (Å²) < 4.78 is 0. The predicted octanol–water partition coefficient (Wildman–Crippen LogP) is -1.77.